The first-order valence-corrected chi connectivity index (χ1v) is 9.55. The molecular weight excluding hydrogens is 459 g/mol. The lowest BCUT2D eigenvalue weighted by Gasteiger charge is -2.29. The van der Waals surface area contributed by atoms with E-state index in [-0.39, 0.29) is 30.1 Å². The van der Waals surface area contributed by atoms with Crippen molar-refractivity contribution in [1.29, 1.82) is 0 Å². The molecule has 7 nitrogen and oxygen atoms in total. The molecule has 1 aromatic rings. The van der Waals surface area contributed by atoms with E-state index in [1.165, 1.54) is 0 Å². The van der Waals surface area contributed by atoms with E-state index in [1.54, 1.807) is 0 Å². The summed E-state index contributed by atoms with van der Waals surface area (Å²) in [7, 11) is 0. The van der Waals surface area contributed by atoms with E-state index in [9.17, 15) is 5.11 Å². The molecule has 0 aromatic heterocycles. The lowest BCUT2D eigenvalue weighted by molar-refractivity contribution is 0.0823. The highest BCUT2D eigenvalue weighted by Crippen LogP contribution is 2.32. The Morgan fingerprint density at radius 1 is 1.22 bits per heavy atom. The highest BCUT2D eigenvalue weighted by Gasteiger charge is 2.16. The molecule has 0 amide bonds. The van der Waals surface area contributed by atoms with Gasteiger partial charge in [0.25, 0.3) is 0 Å². The van der Waals surface area contributed by atoms with E-state index < -0.39 is 0 Å². The Labute approximate surface area is 178 Å². The van der Waals surface area contributed by atoms with Crippen LogP contribution in [0, 0.1) is 0 Å². The zero-order valence-corrected chi connectivity index (χ0v) is 18.3. The number of aliphatic hydroxyl groups is 1. The molecule has 2 aliphatic rings. The third-order valence-corrected chi connectivity index (χ3v) is 4.70. The predicted molar refractivity (Wildman–Crippen MR) is 117 cm³/mol. The number of aliphatic hydroxyl groups excluding tert-OH is 1. The van der Waals surface area contributed by atoms with Crippen LogP contribution in [0.3, 0.4) is 0 Å². The predicted octanol–water partition coefficient (Wildman–Crippen LogP) is 1.94. The molecular formula is C19H31IN4O3. The maximum Gasteiger partial charge on any atom is 0.231 e. The number of hydrogen-bond acceptors (Lipinski definition) is 5. The van der Waals surface area contributed by atoms with Crippen molar-refractivity contribution in [3.63, 3.8) is 0 Å². The van der Waals surface area contributed by atoms with Gasteiger partial charge in [-0.15, -0.1) is 24.0 Å². The molecule has 2 heterocycles. The SMILES string of the molecule is CCNC(=NCc1ccc2c(c1)OCO2)NCCCN1CCC(O)CC1.I. The Morgan fingerprint density at radius 2 is 2.00 bits per heavy atom. The highest BCUT2D eigenvalue weighted by atomic mass is 127. The lowest BCUT2D eigenvalue weighted by atomic mass is 10.1. The molecule has 152 valence electrons. The third kappa shape index (κ3) is 7.00. The molecule has 0 saturated carbocycles. The summed E-state index contributed by atoms with van der Waals surface area (Å²) in [5.74, 6) is 2.43. The first-order chi connectivity index (χ1) is 12.7. The zero-order chi connectivity index (χ0) is 18.2. The Bertz CT molecular complexity index is 607. The molecule has 8 heteroatoms. The van der Waals surface area contributed by atoms with Crippen LogP contribution < -0.4 is 20.1 Å². The molecule has 3 N–H and O–H groups in total. The topological polar surface area (TPSA) is 78.4 Å². The molecule has 1 saturated heterocycles. The second kappa shape index (κ2) is 11.6. The molecule has 0 spiro atoms. The van der Waals surface area contributed by atoms with Crippen LogP contribution in [-0.4, -0.2) is 61.6 Å². The van der Waals surface area contributed by atoms with Gasteiger partial charge in [0.2, 0.25) is 6.79 Å². The van der Waals surface area contributed by atoms with Gasteiger partial charge in [-0.2, -0.15) is 0 Å². The van der Waals surface area contributed by atoms with Crippen LogP contribution in [-0.2, 0) is 6.54 Å². The summed E-state index contributed by atoms with van der Waals surface area (Å²) in [6, 6.07) is 5.94. The van der Waals surface area contributed by atoms with E-state index in [1.807, 2.05) is 18.2 Å². The zero-order valence-electron chi connectivity index (χ0n) is 15.9. The van der Waals surface area contributed by atoms with Crippen molar-refractivity contribution in [3.05, 3.63) is 23.8 Å². The lowest BCUT2D eigenvalue weighted by Crippen LogP contribution is -2.40. The number of nitrogens with zero attached hydrogens (tertiary/aromatic N) is 2. The standard InChI is InChI=1S/C19H30N4O3.HI/c1-2-20-19(21-8-3-9-23-10-6-16(24)7-11-23)22-13-15-4-5-17-18(12-15)26-14-25-17;/h4-5,12,16,24H,2-3,6-11,13-14H2,1H3,(H2,20,21,22);1H. The van der Waals surface area contributed by atoms with Gasteiger partial charge >= 0.3 is 0 Å². The molecule has 27 heavy (non-hydrogen) atoms. The van der Waals surface area contributed by atoms with E-state index >= 15 is 0 Å². The van der Waals surface area contributed by atoms with Crippen molar-refractivity contribution >= 4 is 29.9 Å². The molecule has 0 unspecified atom stereocenters. The maximum atomic E-state index is 9.56. The van der Waals surface area contributed by atoms with E-state index in [4.69, 9.17) is 9.47 Å². The van der Waals surface area contributed by atoms with Crippen molar-refractivity contribution in [2.75, 3.05) is 39.5 Å². The number of fused-ring (bicyclic) bond motifs is 1. The number of ether oxygens (including phenoxy) is 2. The van der Waals surface area contributed by atoms with Crippen molar-refractivity contribution in [2.45, 2.75) is 38.8 Å². The summed E-state index contributed by atoms with van der Waals surface area (Å²) in [6.45, 7) is 7.72. The van der Waals surface area contributed by atoms with Crippen LogP contribution in [0.15, 0.2) is 23.2 Å². The van der Waals surface area contributed by atoms with Gasteiger partial charge in [0, 0.05) is 26.2 Å². The van der Waals surface area contributed by atoms with E-state index in [2.05, 4.69) is 27.4 Å². The van der Waals surface area contributed by atoms with Crippen molar-refractivity contribution in [2.24, 2.45) is 4.99 Å². The van der Waals surface area contributed by atoms with Crippen LogP contribution in [0.5, 0.6) is 11.5 Å². The molecule has 1 fully saturated rings. The average molecular weight is 490 g/mol. The van der Waals surface area contributed by atoms with E-state index in [0.717, 1.165) is 75.0 Å². The van der Waals surface area contributed by atoms with E-state index in [0.29, 0.717) is 13.3 Å². The fraction of sp³-hybridized carbons (Fsp3) is 0.632. The fourth-order valence-corrected chi connectivity index (χ4v) is 3.20. The molecule has 0 atom stereocenters. The van der Waals surface area contributed by atoms with Gasteiger partial charge in [-0.25, -0.2) is 4.99 Å². The molecule has 0 bridgehead atoms. The Morgan fingerprint density at radius 3 is 2.78 bits per heavy atom. The van der Waals surface area contributed by atoms with Gasteiger partial charge in [0.1, 0.15) is 0 Å². The second-order valence-electron chi connectivity index (χ2n) is 6.74. The Balaban J connectivity index is 0.00000261. The molecule has 2 aliphatic heterocycles. The minimum atomic E-state index is -0.104. The Kier molecular flexibility index (Phi) is 9.43. The van der Waals surface area contributed by atoms with Crippen molar-refractivity contribution < 1.29 is 14.6 Å². The van der Waals surface area contributed by atoms with Crippen LogP contribution in [0.25, 0.3) is 0 Å². The van der Waals surface area contributed by atoms with Gasteiger partial charge in [-0.1, -0.05) is 6.07 Å². The normalized spacial score (nSPS) is 17.5. The number of guanidine groups is 1. The summed E-state index contributed by atoms with van der Waals surface area (Å²) in [4.78, 5) is 7.08. The first kappa shape index (κ1) is 22.0. The number of hydrogen-bond donors (Lipinski definition) is 3. The van der Waals surface area contributed by atoms with Crippen LogP contribution in [0.2, 0.25) is 0 Å². The van der Waals surface area contributed by atoms with Crippen molar-refractivity contribution in [1.82, 2.24) is 15.5 Å². The van der Waals surface area contributed by atoms with Gasteiger partial charge < -0.3 is 30.1 Å². The van der Waals surface area contributed by atoms with Gasteiger partial charge in [0.15, 0.2) is 17.5 Å². The maximum absolute atomic E-state index is 9.56. The summed E-state index contributed by atoms with van der Waals surface area (Å²) < 4.78 is 10.8. The fourth-order valence-electron chi connectivity index (χ4n) is 3.20. The van der Waals surface area contributed by atoms with Crippen LogP contribution in [0.1, 0.15) is 31.7 Å². The van der Waals surface area contributed by atoms with Gasteiger partial charge in [0.05, 0.1) is 12.6 Å². The number of nitrogens with one attached hydrogen (secondary N) is 2. The molecule has 0 aliphatic carbocycles. The third-order valence-electron chi connectivity index (χ3n) is 4.70. The van der Waals surface area contributed by atoms with Crippen LogP contribution in [0.4, 0.5) is 0 Å². The van der Waals surface area contributed by atoms with Crippen LogP contribution >= 0.6 is 24.0 Å². The average Bonchev–Trinajstić information content (AvgIpc) is 3.12. The monoisotopic (exact) mass is 490 g/mol. The minimum Gasteiger partial charge on any atom is -0.454 e. The largest absolute Gasteiger partial charge is 0.454 e. The number of aliphatic imine (C=N–C) groups is 1. The molecule has 3 rings (SSSR count). The van der Waals surface area contributed by atoms with Crippen molar-refractivity contribution in [3.8, 4) is 11.5 Å². The first-order valence-electron chi connectivity index (χ1n) is 9.55. The van der Waals surface area contributed by atoms with Gasteiger partial charge in [-0.3, -0.25) is 0 Å². The summed E-state index contributed by atoms with van der Waals surface area (Å²) in [6.07, 6.45) is 2.75. The van der Waals surface area contributed by atoms with Gasteiger partial charge in [-0.05, 0) is 50.4 Å². The molecule has 0 radical (unpaired) electrons. The highest BCUT2D eigenvalue weighted by molar-refractivity contribution is 14.0. The number of piperidine rings is 1. The summed E-state index contributed by atoms with van der Waals surface area (Å²) >= 11 is 0. The molecule has 1 aromatic carbocycles. The number of halogens is 1. The Hall–Kier alpha value is -1.26. The summed E-state index contributed by atoms with van der Waals surface area (Å²) in [5.41, 5.74) is 1.10. The second-order valence-corrected chi connectivity index (χ2v) is 6.74. The number of benzene rings is 1. The number of likely N-dealkylation sites (tertiary alicyclic amines) is 1. The number of rotatable bonds is 7. The summed E-state index contributed by atoms with van der Waals surface area (Å²) in [5, 5.41) is 16.2. The smallest absolute Gasteiger partial charge is 0.231 e. The quantitative estimate of drug-likeness (QED) is 0.235. The minimum absolute atomic E-state index is 0.